The van der Waals surface area contributed by atoms with Crippen molar-refractivity contribution < 1.29 is 37.7 Å². The molecule has 0 aromatic heterocycles. The standard InChI is InChI=1S/C16H21F3N2O5/c1-15(2,9-22)13(24)14(25)21-8-12(23)20-7-10-3-5-11(6-4-10)26-16(17,18)19/h3-6,13,22,24H,7-9H2,1-2H3,(H,20,23)(H,21,25)/t13-/m0/s1. The van der Waals surface area contributed by atoms with Gasteiger partial charge in [-0.3, -0.25) is 9.59 Å². The Kier molecular flexibility index (Phi) is 7.40. The lowest BCUT2D eigenvalue weighted by atomic mass is 9.87. The number of benzene rings is 1. The first-order valence-corrected chi connectivity index (χ1v) is 7.62. The maximum atomic E-state index is 12.1. The number of alkyl halides is 3. The van der Waals surface area contributed by atoms with E-state index in [-0.39, 0.29) is 12.3 Å². The number of carbonyl (C=O) groups excluding carboxylic acids is 2. The second kappa shape index (κ2) is 8.86. The zero-order chi connectivity index (χ0) is 20.0. The molecule has 0 aliphatic heterocycles. The van der Waals surface area contributed by atoms with Crippen LogP contribution >= 0.6 is 0 Å². The maximum absolute atomic E-state index is 12.1. The van der Waals surface area contributed by atoms with Gasteiger partial charge in [-0.1, -0.05) is 26.0 Å². The summed E-state index contributed by atoms with van der Waals surface area (Å²) in [6.45, 7) is 2.20. The average Bonchev–Trinajstić information content (AvgIpc) is 2.56. The molecule has 0 bridgehead atoms. The third-order valence-corrected chi connectivity index (χ3v) is 3.47. The van der Waals surface area contributed by atoms with E-state index in [4.69, 9.17) is 5.11 Å². The van der Waals surface area contributed by atoms with Crippen LogP contribution in [0.5, 0.6) is 5.75 Å². The lowest BCUT2D eigenvalue weighted by Crippen LogP contribution is -2.48. The number of amides is 2. The molecular weight excluding hydrogens is 357 g/mol. The number of ether oxygens (including phenoxy) is 1. The van der Waals surface area contributed by atoms with E-state index in [2.05, 4.69) is 15.4 Å². The van der Waals surface area contributed by atoms with E-state index in [9.17, 15) is 27.9 Å². The number of hydrogen-bond acceptors (Lipinski definition) is 5. The summed E-state index contributed by atoms with van der Waals surface area (Å²) in [6, 6.07) is 4.94. The van der Waals surface area contributed by atoms with Gasteiger partial charge >= 0.3 is 6.36 Å². The number of hydrogen-bond donors (Lipinski definition) is 4. The van der Waals surface area contributed by atoms with Crippen molar-refractivity contribution >= 4 is 11.8 Å². The van der Waals surface area contributed by atoms with Gasteiger partial charge < -0.3 is 25.6 Å². The first-order valence-electron chi connectivity index (χ1n) is 7.62. The minimum Gasteiger partial charge on any atom is -0.406 e. The molecule has 2 amide bonds. The number of halogens is 3. The second-order valence-corrected chi connectivity index (χ2v) is 6.24. The minimum atomic E-state index is -4.77. The lowest BCUT2D eigenvalue weighted by molar-refractivity contribution is -0.274. The highest BCUT2D eigenvalue weighted by atomic mass is 19.4. The third kappa shape index (κ3) is 7.28. The van der Waals surface area contributed by atoms with Gasteiger partial charge in [0, 0.05) is 12.0 Å². The van der Waals surface area contributed by atoms with Gasteiger partial charge in [-0.15, -0.1) is 13.2 Å². The van der Waals surface area contributed by atoms with E-state index in [1.165, 1.54) is 26.0 Å². The van der Waals surface area contributed by atoms with Crippen molar-refractivity contribution in [2.24, 2.45) is 5.41 Å². The van der Waals surface area contributed by atoms with E-state index in [1.54, 1.807) is 0 Å². The Balaban J connectivity index is 2.42. The normalized spacial score (nSPS) is 13.0. The predicted molar refractivity (Wildman–Crippen MR) is 84.9 cm³/mol. The summed E-state index contributed by atoms with van der Waals surface area (Å²) in [5.41, 5.74) is -0.526. The molecule has 1 atom stereocenters. The van der Waals surface area contributed by atoms with E-state index < -0.39 is 42.8 Å². The molecule has 0 spiro atoms. The SMILES string of the molecule is CC(C)(CO)[C@@H](O)C(=O)NCC(=O)NCc1ccc(OC(F)(F)F)cc1. The monoisotopic (exact) mass is 378 g/mol. The van der Waals surface area contributed by atoms with Crippen molar-refractivity contribution in [3.63, 3.8) is 0 Å². The molecule has 1 aromatic rings. The summed E-state index contributed by atoms with van der Waals surface area (Å²) < 4.78 is 39.9. The van der Waals surface area contributed by atoms with Crippen molar-refractivity contribution in [3.05, 3.63) is 29.8 Å². The molecule has 146 valence electrons. The fourth-order valence-electron chi connectivity index (χ4n) is 1.78. The van der Waals surface area contributed by atoms with Crippen LogP contribution in [0, 0.1) is 5.41 Å². The number of aliphatic hydroxyl groups excluding tert-OH is 2. The lowest BCUT2D eigenvalue weighted by Gasteiger charge is -2.26. The molecule has 0 aliphatic rings. The van der Waals surface area contributed by atoms with Crippen LogP contribution in [0.2, 0.25) is 0 Å². The molecule has 0 radical (unpaired) electrons. The minimum absolute atomic E-state index is 0.0334. The average molecular weight is 378 g/mol. The number of rotatable bonds is 8. The summed E-state index contributed by atoms with van der Waals surface area (Å²) >= 11 is 0. The summed E-state index contributed by atoms with van der Waals surface area (Å²) in [6.07, 6.45) is -6.26. The summed E-state index contributed by atoms with van der Waals surface area (Å²) in [4.78, 5) is 23.4. The van der Waals surface area contributed by atoms with Gasteiger partial charge in [0.25, 0.3) is 0 Å². The van der Waals surface area contributed by atoms with Crippen LogP contribution in [-0.4, -0.2) is 47.6 Å². The summed E-state index contributed by atoms with van der Waals surface area (Å²) in [5.74, 6) is -1.73. The van der Waals surface area contributed by atoms with Crippen LogP contribution in [0.25, 0.3) is 0 Å². The maximum Gasteiger partial charge on any atom is 0.573 e. The second-order valence-electron chi connectivity index (χ2n) is 6.24. The van der Waals surface area contributed by atoms with Gasteiger partial charge in [0.2, 0.25) is 11.8 Å². The van der Waals surface area contributed by atoms with Gasteiger partial charge in [0.15, 0.2) is 0 Å². The molecule has 1 aromatic carbocycles. The van der Waals surface area contributed by atoms with Crippen molar-refractivity contribution in [1.29, 1.82) is 0 Å². The summed E-state index contributed by atoms with van der Waals surface area (Å²) in [7, 11) is 0. The molecule has 0 saturated carbocycles. The topological polar surface area (TPSA) is 108 Å². The van der Waals surface area contributed by atoms with Gasteiger partial charge in [-0.05, 0) is 17.7 Å². The highest BCUT2D eigenvalue weighted by Crippen LogP contribution is 2.22. The molecule has 26 heavy (non-hydrogen) atoms. The highest BCUT2D eigenvalue weighted by Gasteiger charge is 2.33. The summed E-state index contributed by atoms with van der Waals surface area (Å²) in [5, 5.41) is 23.6. The number of carbonyl (C=O) groups is 2. The van der Waals surface area contributed by atoms with Gasteiger partial charge in [-0.25, -0.2) is 0 Å². The Morgan fingerprint density at radius 3 is 2.23 bits per heavy atom. The van der Waals surface area contributed by atoms with Gasteiger partial charge in [0.05, 0.1) is 13.2 Å². The molecular formula is C16H21F3N2O5. The zero-order valence-electron chi connectivity index (χ0n) is 14.3. The largest absolute Gasteiger partial charge is 0.573 e. The molecule has 7 nitrogen and oxygen atoms in total. The Morgan fingerprint density at radius 1 is 1.15 bits per heavy atom. The van der Waals surface area contributed by atoms with Crippen molar-refractivity contribution in [1.82, 2.24) is 10.6 Å². The van der Waals surface area contributed by atoms with Crippen molar-refractivity contribution in [2.75, 3.05) is 13.2 Å². The first kappa shape index (κ1) is 21.7. The molecule has 10 heteroatoms. The van der Waals surface area contributed by atoms with Crippen molar-refractivity contribution in [2.45, 2.75) is 32.9 Å². The third-order valence-electron chi connectivity index (χ3n) is 3.47. The van der Waals surface area contributed by atoms with Gasteiger partial charge in [0.1, 0.15) is 11.9 Å². The molecule has 0 saturated heterocycles. The van der Waals surface area contributed by atoms with Crippen LogP contribution in [0.3, 0.4) is 0 Å². The van der Waals surface area contributed by atoms with Crippen LogP contribution < -0.4 is 15.4 Å². The Labute approximate surface area is 148 Å². The van der Waals surface area contributed by atoms with E-state index >= 15 is 0 Å². The fourth-order valence-corrected chi connectivity index (χ4v) is 1.78. The molecule has 0 unspecified atom stereocenters. The molecule has 4 N–H and O–H groups in total. The molecule has 0 aliphatic carbocycles. The number of aliphatic hydroxyl groups is 2. The quantitative estimate of drug-likeness (QED) is 0.533. The molecule has 1 rings (SSSR count). The van der Waals surface area contributed by atoms with Crippen LogP contribution in [0.4, 0.5) is 13.2 Å². The van der Waals surface area contributed by atoms with Crippen LogP contribution in [0.15, 0.2) is 24.3 Å². The van der Waals surface area contributed by atoms with E-state index in [1.807, 2.05) is 0 Å². The van der Waals surface area contributed by atoms with E-state index in [0.717, 1.165) is 12.1 Å². The fraction of sp³-hybridized carbons (Fsp3) is 0.500. The Morgan fingerprint density at radius 2 is 1.73 bits per heavy atom. The number of nitrogens with one attached hydrogen (secondary N) is 2. The molecule has 0 heterocycles. The molecule has 0 fully saturated rings. The van der Waals surface area contributed by atoms with Crippen molar-refractivity contribution in [3.8, 4) is 5.75 Å². The van der Waals surface area contributed by atoms with Gasteiger partial charge in [-0.2, -0.15) is 0 Å². The smallest absolute Gasteiger partial charge is 0.406 e. The Bertz CT molecular complexity index is 617. The van der Waals surface area contributed by atoms with Crippen LogP contribution in [0.1, 0.15) is 19.4 Å². The zero-order valence-corrected chi connectivity index (χ0v) is 14.3. The first-order chi connectivity index (χ1) is 11.9. The predicted octanol–water partition coefficient (Wildman–Crippen LogP) is 0.697. The Hall–Kier alpha value is -2.33. The van der Waals surface area contributed by atoms with E-state index in [0.29, 0.717) is 5.56 Å². The highest BCUT2D eigenvalue weighted by molar-refractivity contribution is 5.87. The van der Waals surface area contributed by atoms with Crippen LogP contribution in [-0.2, 0) is 16.1 Å².